The van der Waals surface area contributed by atoms with Crippen molar-refractivity contribution in [3.8, 4) is 0 Å². The van der Waals surface area contributed by atoms with Gasteiger partial charge in [-0.1, -0.05) is 41.0 Å². The van der Waals surface area contributed by atoms with Gasteiger partial charge in [-0.3, -0.25) is 4.79 Å². The van der Waals surface area contributed by atoms with E-state index < -0.39 is 0 Å². The number of hydrogen-bond donors (Lipinski definition) is 0. The fraction of sp³-hybridized carbons (Fsp3) is 0.947. The van der Waals surface area contributed by atoms with Gasteiger partial charge in [-0.05, 0) is 51.2 Å². The molecule has 0 bridgehead atoms. The quantitative estimate of drug-likeness (QED) is 0.761. The number of piperidine rings is 1. The standard InChI is InChI=1S/C16H30N2O.C3H8/c1-4-9-17-10-7-16(8-11-17)12-18(13-16)15(19)6-5-14(2)3;1-3-2/h14H,4-13H2,1-3H3;3H2,1-2H3. The highest BCUT2D eigenvalue weighted by Gasteiger charge is 2.46. The van der Waals surface area contributed by atoms with Crippen LogP contribution in [-0.4, -0.2) is 48.4 Å². The van der Waals surface area contributed by atoms with Crippen molar-refractivity contribution in [3.63, 3.8) is 0 Å². The maximum atomic E-state index is 12.0. The molecule has 0 aliphatic carbocycles. The predicted molar refractivity (Wildman–Crippen MR) is 95.0 cm³/mol. The number of amides is 1. The summed E-state index contributed by atoms with van der Waals surface area (Å²) in [5.41, 5.74) is 0.484. The van der Waals surface area contributed by atoms with Gasteiger partial charge in [-0.25, -0.2) is 0 Å². The number of likely N-dealkylation sites (tertiary alicyclic amines) is 2. The van der Waals surface area contributed by atoms with Gasteiger partial charge >= 0.3 is 0 Å². The van der Waals surface area contributed by atoms with Crippen molar-refractivity contribution in [2.24, 2.45) is 11.3 Å². The first-order valence-electron chi connectivity index (χ1n) is 9.46. The number of hydrogen-bond acceptors (Lipinski definition) is 2. The molecular weight excluding hydrogens is 272 g/mol. The van der Waals surface area contributed by atoms with E-state index in [1.54, 1.807) is 0 Å². The van der Waals surface area contributed by atoms with Crippen molar-refractivity contribution < 1.29 is 4.79 Å². The van der Waals surface area contributed by atoms with Gasteiger partial charge in [0.05, 0.1) is 0 Å². The van der Waals surface area contributed by atoms with Crippen LogP contribution in [0.25, 0.3) is 0 Å². The zero-order valence-electron chi connectivity index (χ0n) is 15.7. The summed E-state index contributed by atoms with van der Waals surface area (Å²) in [5, 5.41) is 0. The molecule has 0 aromatic carbocycles. The van der Waals surface area contributed by atoms with Crippen molar-refractivity contribution in [2.75, 3.05) is 32.7 Å². The van der Waals surface area contributed by atoms with E-state index in [4.69, 9.17) is 0 Å². The fourth-order valence-corrected chi connectivity index (χ4v) is 3.39. The summed E-state index contributed by atoms with van der Waals surface area (Å²) < 4.78 is 0. The van der Waals surface area contributed by atoms with Crippen LogP contribution in [0, 0.1) is 11.3 Å². The maximum Gasteiger partial charge on any atom is 0.222 e. The van der Waals surface area contributed by atoms with Crippen LogP contribution in [-0.2, 0) is 4.79 Å². The van der Waals surface area contributed by atoms with Gasteiger partial charge in [-0.15, -0.1) is 0 Å². The van der Waals surface area contributed by atoms with Crippen LogP contribution in [0.4, 0.5) is 0 Å². The lowest BCUT2D eigenvalue weighted by Crippen LogP contribution is -2.61. The highest BCUT2D eigenvalue weighted by atomic mass is 16.2. The molecule has 3 heteroatoms. The normalized spacial score (nSPS) is 20.5. The molecular formula is C19H38N2O. The van der Waals surface area contributed by atoms with Gasteiger partial charge in [0.2, 0.25) is 5.91 Å². The molecule has 1 amide bonds. The molecule has 2 rings (SSSR count). The maximum absolute atomic E-state index is 12.0. The minimum atomic E-state index is 0.385. The molecule has 2 saturated heterocycles. The van der Waals surface area contributed by atoms with Crippen molar-refractivity contribution in [3.05, 3.63) is 0 Å². The second-order valence-corrected chi connectivity index (χ2v) is 7.73. The third kappa shape index (κ3) is 5.91. The molecule has 0 radical (unpaired) electrons. The lowest BCUT2D eigenvalue weighted by molar-refractivity contribution is -0.147. The van der Waals surface area contributed by atoms with Crippen LogP contribution < -0.4 is 0 Å². The summed E-state index contributed by atoms with van der Waals surface area (Å²) in [4.78, 5) is 16.7. The summed E-state index contributed by atoms with van der Waals surface area (Å²) in [6, 6.07) is 0. The van der Waals surface area contributed by atoms with Crippen LogP contribution in [0.3, 0.4) is 0 Å². The molecule has 0 unspecified atom stereocenters. The molecule has 0 saturated carbocycles. The lowest BCUT2D eigenvalue weighted by atomic mass is 9.72. The van der Waals surface area contributed by atoms with Gasteiger partial charge in [0, 0.05) is 24.9 Å². The SMILES string of the molecule is CCC.CCCN1CCC2(CC1)CN(C(=O)CCC(C)C)C2. The monoisotopic (exact) mass is 310 g/mol. The van der Waals surface area contributed by atoms with Crippen LogP contribution in [0.1, 0.15) is 73.1 Å². The predicted octanol–water partition coefficient (Wildman–Crippen LogP) is 4.17. The molecule has 1 spiro atoms. The summed E-state index contributed by atoms with van der Waals surface area (Å²) >= 11 is 0. The Hall–Kier alpha value is -0.570. The van der Waals surface area contributed by atoms with Gasteiger partial charge < -0.3 is 9.80 Å². The average Bonchev–Trinajstić information content (AvgIpc) is 2.44. The van der Waals surface area contributed by atoms with Gasteiger partial charge in [0.15, 0.2) is 0 Å². The Balaban J connectivity index is 0.000000745. The molecule has 3 nitrogen and oxygen atoms in total. The highest BCUT2D eigenvalue weighted by molar-refractivity contribution is 5.77. The van der Waals surface area contributed by atoms with Crippen molar-refractivity contribution in [1.82, 2.24) is 9.80 Å². The Bertz CT molecular complexity index is 311. The van der Waals surface area contributed by atoms with Crippen LogP contribution in [0.2, 0.25) is 0 Å². The minimum Gasteiger partial charge on any atom is -0.341 e. The zero-order valence-corrected chi connectivity index (χ0v) is 15.7. The number of carbonyl (C=O) groups is 1. The molecule has 0 aromatic rings. The summed E-state index contributed by atoms with van der Waals surface area (Å²) in [7, 11) is 0. The zero-order chi connectivity index (χ0) is 16.6. The first kappa shape index (κ1) is 19.5. The Morgan fingerprint density at radius 3 is 2.09 bits per heavy atom. The minimum absolute atomic E-state index is 0.385. The second kappa shape index (κ2) is 9.54. The molecule has 0 N–H and O–H groups in total. The number of rotatable bonds is 5. The smallest absolute Gasteiger partial charge is 0.222 e. The van der Waals surface area contributed by atoms with E-state index in [2.05, 4.69) is 44.4 Å². The van der Waals surface area contributed by atoms with E-state index >= 15 is 0 Å². The highest BCUT2D eigenvalue weighted by Crippen LogP contribution is 2.40. The summed E-state index contributed by atoms with van der Waals surface area (Å²) in [5.74, 6) is 1.02. The Labute approximate surface area is 138 Å². The van der Waals surface area contributed by atoms with E-state index in [1.807, 2.05) is 0 Å². The van der Waals surface area contributed by atoms with Gasteiger partial charge in [0.25, 0.3) is 0 Å². The van der Waals surface area contributed by atoms with Crippen LogP contribution in [0.5, 0.6) is 0 Å². The topological polar surface area (TPSA) is 23.6 Å². The van der Waals surface area contributed by atoms with E-state index in [1.165, 1.54) is 45.3 Å². The van der Waals surface area contributed by atoms with Crippen LogP contribution >= 0.6 is 0 Å². The first-order valence-corrected chi connectivity index (χ1v) is 9.46. The third-order valence-electron chi connectivity index (χ3n) is 4.80. The van der Waals surface area contributed by atoms with Crippen molar-refractivity contribution in [1.29, 1.82) is 0 Å². The Morgan fingerprint density at radius 2 is 1.64 bits per heavy atom. The van der Waals surface area contributed by atoms with Crippen LogP contribution in [0.15, 0.2) is 0 Å². The fourth-order valence-electron chi connectivity index (χ4n) is 3.39. The van der Waals surface area contributed by atoms with Gasteiger partial charge in [0.1, 0.15) is 0 Å². The number of carbonyl (C=O) groups excluding carboxylic acids is 1. The summed E-state index contributed by atoms with van der Waals surface area (Å²) in [6.07, 6.45) is 6.87. The van der Waals surface area contributed by atoms with Crippen molar-refractivity contribution >= 4 is 5.91 Å². The Kier molecular flexibility index (Phi) is 8.45. The number of nitrogens with zero attached hydrogens (tertiary/aromatic N) is 2. The van der Waals surface area contributed by atoms with Crippen molar-refractivity contribution in [2.45, 2.75) is 73.1 Å². The second-order valence-electron chi connectivity index (χ2n) is 7.73. The lowest BCUT2D eigenvalue weighted by Gasteiger charge is -2.54. The molecule has 2 fully saturated rings. The summed E-state index contributed by atoms with van der Waals surface area (Å²) in [6.45, 7) is 16.7. The third-order valence-corrected chi connectivity index (χ3v) is 4.80. The van der Waals surface area contributed by atoms with Gasteiger partial charge in [-0.2, -0.15) is 0 Å². The average molecular weight is 311 g/mol. The molecule has 2 aliphatic heterocycles. The molecule has 22 heavy (non-hydrogen) atoms. The molecule has 2 aliphatic rings. The van der Waals surface area contributed by atoms with E-state index in [-0.39, 0.29) is 0 Å². The molecule has 2 heterocycles. The molecule has 0 atom stereocenters. The molecule has 0 aromatic heterocycles. The van der Waals surface area contributed by atoms with E-state index in [9.17, 15) is 4.79 Å². The molecule has 130 valence electrons. The first-order chi connectivity index (χ1) is 10.5. The Morgan fingerprint density at radius 1 is 1.09 bits per heavy atom. The van der Waals surface area contributed by atoms with E-state index in [0.29, 0.717) is 17.2 Å². The largest absolute Gasteiger partial charge is 0.341 e. The van der Waals surface area contributed by atoms with E-state index in [0.717, 1.165) is 25.9 Å².